The normalized spacial score (nSPS) is 10.7. The summed E-state index contributed by atoms with van der Waals surface area (Å²) in [7, 11) is 1.56. The second-order valence-corrected chi connectivity index (χ2v) is 6.75. The number of ether oxygens (including phenoxy) is 2. The highest BCUT2D eigenvalue weighted by Crippen LogP contribution is 2.26. The van der Waals surface area contributed by atoms with E-state index < -0.39 is 5.63 Å². The number of para-hydroxylation sites is 2. The maximum Gasteiger partial charge on any atom is 0.339 e. The van der Waals surface area contributed by atoms with Crippen molar-refractivity contribution in [3.63, 3.8) is 0 Å². The van der Waals surface area contributed by atoms with E-state index in [1.165, 1.54) is 0 Å². The van der Waals surface area contributed by atoms with Gasteiger partial charge in [0, 0.05) is 23.4 Å². The monoisotopic (exact) mass is 395 g/mol. The molecule has 0 saturated heterocycles. The zero-order chi connectivity index (χ0) is 20.8. The molecule has 6 heteroatoms. The summed E-state index contributed by atoms with van der Waals surface area (Å²) in [6.07, 6.45) is 1.33. The zero-order valence-electron chi connectivity index (χ0n) is 16.9. The van der Waals surface area contributed by atoms with E-state index in [2.05, 4.69) is 5.32 Å². The Hall–Kier alpha value is -3.28. The van der Waals surface area contributed by atoms with Crippen LogP contribution in [0.15, 0.2) is 51.7 Å². The predicted octanol–water partition coefficient (Wildman–Crippen LogP) is 4.47. The fourth-order valence-electron chi connectivity index (χ4n) is 3.15. The molecule has 0 bridgehead atoms. The summed E-state index contributed by atoms with van der Waals surface area (Å²) in [4.78, 5) is 24.9. The van der Waals surface area contributed by atoms with Gasteiger partial charge in [-0.05, 0) is 49.6 Å². The average molecular weight is 395 g/mol. The van der Waals surface area contributed by atoms with Gasteiger partial charge in [-0.2, -0.15) is 0 Å². The van der Waals surface area contributed by atoms with Crippen molar-refractivity contribution < 1.29 is 18.7 Å². The van der Waals surface area contributed by atoms with E-state index in [1.807, 2.05) is 44.2 Å². The molecule has 6 nitrogen and oxygen atoms in total. The van der Waals surface area contributed by atoms with E-state index in [0.717, 1.165) is 17.4 Å². The number of carbonyl (C=O) groups is 1. The van der Waals surface area contributed by atoms with E-state index in [1.54, 1.807) is 19.2 Å². The second-order valence-electron chi connectivity index (χ2n) is 6.75. The largest absolute Gasteiger partial charge is 0.497 e. The minimum atomic E-state index is -0.428. The lowest BCUT2D eigenvalue weighted by Crippen LogP contribution is -2.17. The molecule has 0 fully saturated rings. The number of carbonyl (C=O) groups excluding carboxylic acids is 1. The molecule has 1 amide bonds. The van der Waals surface area contributed by atoms with Gasteiger partial charge in [0.05, 0.1) is 19.4 Å². The summed E-state index contributed by atoms with van der Waals surface area (Å²) < 4.78 is 16.3. The Morgan fingerprint density at radius 3 is 2.72 bits per heavy atom. The van der Waals surface area contributed by atoms with E-state index >= 15 is 0 Å². The van der Waals surface area contributed by atoms with Gasteiger partial charge in [-0.3, -0.25) is 4.79 Å². The van der Waals surface area contributed by atoms with E-state index in [-0.39, 0.29) is 12.3 Å². The average Bonchev–Trinajstić information content (AvgIpc) is 2.72. The van der Waals surface area contributed by atoms with Crippen LogP contribution in [-0.2, 0) is 11.2 Å². The molecule has 0 spiro atoms. The van der Waals surface area contributed by atoms with Gasteiger partial charge in [-0.25, -0.2) is 4.79 Å². The molecule has 1 N–H and O–H groups in total. The Kier molecular flexibility index (Phi) is 6.54. The molecular weight excluding hydrogens is 370 g/mol. The van der Waals surface area contributed by atoms with Crippen molar-refractivity contribution in [3.05, 3.63) is 64.0 Å². The molecule has 0 aliphatic carbocycles. The highest BCUT2D eigenvalue weighted by atomic mass is 16.5. The topological polar surface area (TPSA) is 77.8 Å². The lowest BCUT2D eigenvalue weighted by molar-refractivity contribution is -0.116. The first-order valence-electron chi connectivity index (χ1n) is 9.65. The SMILES string of the molecule is CCCOc1ccccc1NC(=O)CCc1c(C)c2ccc(OC)cc2oc1=O. The summed E-state index contributed by atoms with van der Waals surface area (Å²) in [5, 5.41) is 3.70. The quantitative estimate of drug-likeness (QED) is 0.570. The molecule has 3 aromatic rings. The zero-order valence-corrected chi connectivity index (χ0v) is 16.9. The number of fused-ring (bicyclic) bond motifs is 1. The maximum absolute atomic E-state index is 12.5. The smallest absolute Gasteiger partial charge is 0.339 e. The van der Waals surface area contributed by atoms with Crippen molar-refractivity contribution in [1.82, 2.24) is 0 Å². The first-order valence-corrected chi connectivity index (χ1v) is 9.65. The minimum absolute atomic E-state index is 0.162. The van der Waals surface area contributed by atoms with Crippen molar-refractivity contribution in [1.29, 1.82) is 0 Å². The van der Waals surface area contributed by atoms with Gasteiger partial charge in [0.2, 0.25) is 5.91 Å². The highest BCUT2D eigenvalue weighted by molar-refractivity contribution is 5.92. The van der Waals surface area contributed by atoms with Crippen LogP contribution in [0.4, 0.5) is 5.69 Å². The molecule has 29 heavy (non-hydrogen) atoms. The van der Waals surface area contributed by atoms with Crippen LogP contribution in [0, 0.1) is 6.92 Å². The van der Waals surface area contributed by atoms with Crippen LogP contribution in [-0.4, -0.2) is 19.6 Å². The molecule has 0 saturated carbocycles. The van der Waals surface area contributed by atoms with Crippen molar-refractivity contribution >= 4 is 22.6 Å². The lowest BCUT2D eigenvalue weighted by atomic mass is 10.0. The highest BCUT2D eigenvalue weighted by Gasteiger charge is 2.14. The maximum atomic E-state index is 12.5. The van der Waals surface area contributed by atoms with Crippen molar-refractivity contribution in [3.8, 4) is 11.5 Å². The van der Waals surface area contributed by atoms with Gasteiger partial charge in [-0.1, -0.05) is 19.1 Å². The third kappa shape index (κ3) is 4.77. The van der Waals surface area contributed by atoms with Crippen LogP contribution in [0.3, 0.4) is 0 Å². The summed E-state index contributed by atoms with van der Waals surface area (Å²) in [5.74, 6) is 1.07. The van der Waals surface area contributed by atoms with Gasteiger partial charge in [0.15, 0.2) is 0 Å². The first-order chi connectivity index (χ1) is 14.0. The predicted molar refractivity (Wildman–Crippen MR) is 113 cm³/mol. The Labute approximate surface area is 169 Å². The third-order valence-electron chi connectivity index (χ3n) is 4.72. The number of aryl methyl sites for hydroxylation is 1. The standard InChI is InChI=1S/C23H25NO5/c1-4-13-28-20-8-6-5-7-19(20)24-22(25)12-11-18-15(2)17-10-9-16(27-3)14-21(17)29-23(18)26/h5-10,14H,4,11-13H2,1-3H3,(H,24,25). The van der Waals surface area contributed by atoms with Gasteiger partial charge < -0.3 is 19.2 Å². The van der Waals surface area contributed by atoms with Crippen LogP contribution in [0.1, 0.15) is 30.9 Å². The second kappa shape index (κ2) is 9.28. The molecule has 0 aliphatic rings. The number of anilines is 1. The fraction of sp³-hybridized carbons (Fsp3) is 0.304. The summed E-state index contributed by atoms with van der Waals surface area (Å²) in [6.45, 7) is 4.47. The van der Waals surface area contributed by atoms with Crippen molar-refractivity contribution in [2.24, 2.45) is 0 Å². The van der Waals surface area contributed by atoms with E-state index in [9.17, 15) is 9.59 Å². The number of amides is 1. The molecule has 1 aromatic heterocycles. The van der Waals surface area contributed by atoms with Crippen LogP contribution in [0.5, 0.6) is 11.5 Å². The number of hydrogen-bond acceptors (Lipinski definition) is 5. The molecule has 2 aromatic carbocycles. The molecule has 0 atom stereocenters. The Morgan fingerprint density at radius 1 is 1.17 bits per heavy atom. The van der Waals surface area contributed by atoms with E-state index in [0.29, 0.717) is 41.4 Å². The summed E-state index contributed by atoms with van der Waals surface area (Å²) >= 11 is 0. The van der Waals surface area contributed by atoms with Crippen LogP contribution < -0.4 is 20.4 Å². The van der Waals surface area contributed by atoms with Crippen LogP contribution >= 0.6 is 0 Å². The number of benzene rings is 2. The van der Waals surface area contributed by atoms with Crippen LogP contribution in [0.2, 0.25) is 0 Å². The number of methoxy groups -OCH3 is 1. The van der Waals surface area contributed by atoms with E-state index in [4.69, 9.17) is 13.9 Å². The first kappa shape index (κ1) is 20.5. The Morgan fingerprint density at radius 2 is 1.97 bits per heavy atom. The van der Waals surface area contributed by atoms with Crippen LogP contribution in [0.25, 0.3) is 11.0 Å². The van der Waals surface area contributed by atoms with Gasteiger partial charge in [0.1, 0.15) is 17.1 Å². The minimum Gasteiger partial charge on any atom is -0.497 e. The van der Waals surface area contributed by atoms with Crippen molar-refractivity contribution in [2.45, 2.75) is 33.1 Å². The Balaban J connectivity index is 1.74. The molecule has 0 radical (unpaired) electrons. The van der Waals surface area contributed by atoms with Gasteiger partial charge >= 0.3 is 5.63 Å². The molecule has 1 heterocycles. The summed E-state index contributed by atoms with van der Waals surface area (Å²) in [5.41, 5.74) is 2.00. The third-order valence-corrected chi connectivity index (χ3v) is 4.72. The summed E-state index contributed by atoms with van der Waals surface area (Å²) in [6, 6.07) is 12.7. The number of nitrogens with one attached hydrogen (secondary N) is 1. The van der Waals surface area contributed by atoms with Gasteiger partial charge in [0.25, 0.3) is 0 Å². The molecule has 3 rings (SSSR count). The molecular formula is C23H25NO5. The molecule has 152 valence electrons. The van der Waals surface area contributed by atoms with Gasteiger partial charge in [-0.15, -0.1) is 0 Å². The number of rotatable bonds is 8. The Bertz CT molecular complexity index is 1070. The lowest BCUT2D eigenvalue weighted by Gasteiger charge is -2.12. The number of hydrogen-bond donors (Lipinski definition) is 1. The fourth-order valence-corrected chi connectivity index (χ4v) is 3.15. The van der Waals surface area contributed by atoms with Crippen molar-refractivity contribution in [2.75, 3.05) is 19.0 Å². The molecule has 0 unspecified atom stereocenters. The molecule has 0 aliphatic heterocycles.